The number of amides is 2. The molecule has 0 unspecified atom stereocenters. The molecule has 2 amide bonds. The van der Waals surface area contributed by atoms with E-state index in [1.165, 1.54) is 5.56 Å². The fraction of sp³-hybridized carbons (Fsp3) is 0.508. The molecule has 2 aliphatic carbocycles. The number of carbonyl (C=O) groups excluding carboxylic acids is 5. The normalized spacial score (nSPS) is 21.0. The number of aryl methyl sites for hydroxylation is 4. The van der Waals surface area contributed by atoms with E-state index in [1.54, 1.807) is 36.4 Å². The largest absolute Gasteiger partial charge is 0.468 e. The van der Waals surface area contributed by atoms with Gasteiger partial charge in [-0.15, -0.1) is 0 Å². The van der Waals surface area contributed by atoms with Crippen molar-refractivity contribution in [2.24, 2.45) is 37.8 Å². The molecule has 4 fully saturated rings. The van der Waals surface area contributed by atoms with Gasteiger partial charge in [0, 0.05) is 61.9 Å². The van der Waals surface area contributed by atoms with Crippen LogP contribution in [0.5, 0.6) is 0 Å². The van der Waals surface area contributed by atoms with Gasteiger partial charge in [0.1, 0.15) is 0 Å². The number of halogens is 2. The second-order valence-electron chi connectivity index (χ2n) is 23.9. The molecule has 4 heterocycles. The van der Waals surface area contributed by atoms with Crippen molar-refractivity contribution in [3.63, 3.8) is 0 Å². The average molecular weight is 1270 g/mol. The van der Waals surface area contributed by atoms with Crippen molar-refractivity contribution in [1.82, 2.24) is 28.4 Å². The number of nitrogens with one attached hydrogen (secondary N) is 2. The molecule has 4 aromatic carbocycles. The highest BCUT2D eigenvalue weighted by atomic mass is 35.5. The van der Waals surface area contributed by atoms with E-state index >= 15 is 0 Å². The van der Waals surface area contributed by atoms with Crippen LogP contribution >= 0.6 is 23.2 Å². The SMILES string of the molecule is CC(C)[C@H]1COCCN1C(=O)C1CCC(NS(=O)(=O)c2ccc3c(Cl)c(-c4ccc(CCCOC=O)cc4)n(C)c3c2)CC1.CCc1ccc(-c2c(Cl)c3ccc(S(=O)(=O)NC4CCC(C(=O)N5CCOC[C@@H]5C(C)C)CC4)cc3n2C)cc1.O=C=O. The maximum Gasteiger partial charge on any atom is 0.373 e. The van der Waals surface area contributed by atoms with Gasteiger partial charge in [0.2, 0.25) is 31.9 Å². The summed E-state index contributed by atoms with van der Waals surface area (Å²) in [5.41, 5.74) is 7.45. The van der Waals surface area contributed by atoms with Crippen LogP contribution in [0.4, 0.5) is 0 Å². The maximum atomic E-state index is 13.5. The molecule has 2 atom stereocenters. The highest BCUT2D eigenvalue weighted by molar-refractivity contribution is 7.89. The van der Waals surface area contributed by atoms with Gasteiger partial charge in [-0.3, -0.25) is 14.4 Å². The van der Waals surface area contributed by atoms with Crippen LogP contribution < -0.4 is 9.44 Å². The smallest absolute Gasteiger partial charge is 0.373 e. The molecule has 0 spiro atoms. The monoisotopic (exact) mass is 1270 g/mol. The standard InChI is InChI=1S/C33H42ClN3O6S.C31H40ClN3O4S.CO2/c1-22(2)30-20-42-18-16-37(30)33(39)25-10-12-26(13-11-25)35-44(40,41)27-14-15-28-29(19-27)36(3)32(31(28)34)24-8-6-23(7-9-24)5-4-17-43-21-38;1-5-21-6-8-22(9-7-21)30-29(32)26-15-14-25(18-27(26)34(30)4)40(37,38)33-24-12-10-23(11-13-24)31(36)35-16-17-39-19-28(35)20(2)3;2-1-3/h6-9,14-15,19,21-22,25-26,30,35H,4-5,10-13,16-18,20H2,1-3H3;6-9,14-15,18,20,23-24,28,33H,5,10-13,16-17,19H2,1-4H3;/t25?,26?,30-;23?,24?,28-;/m11./s1. The Morgan fingerprint density at radius 3 is 1.39 bits per heavy atom. The van der Waals surface area contributed by atoms with E-state index in [4.69, 9.17) is 47.0 Å². The fourth-order valence-corrected chi connectivity index (χ4v) is 16.1. The molecule has 10 rings (SSSR count). The number of carbonyl (C=O) groups is 3. The van der Waals surface area contributed by atoms with Crippen LogP contribution in [0.3, 0.4) is 0 Å². The van der Waals surface area contributed by atoms with E-state index in [9.17, 15) is 31.2 Å². The first-order valence-corrected chi connectivity index (χ1v) is 33.9. The predicted octanol–water partition coefficient (Wildman–Crippen LogP) is 10.5. The summed E-state index contributed by atoms with van der Waals surface area (Å²) in [4.78, 5) is 57.6. The quantitative estimate of drug-likeness (QED) is 0.0606. The summed E-state index contributed by atoms with van der Waals surface area (Å²) in [6, 6.07) is 26.3. The second kappa shape index (κ2) is 30.0. The van der Waals surface area contributed by atoms with Crippen LogP contribution in [0.1, 0.15) is 104 Å². The van der Waals surface area contributed by atoms with Crippen molar-refractivity contribution in [1.29, 1.82) is 0 Å². The second-order valence-corrected chi connectivity index (χ2v) is 28.1. The lowest BCUT2D eigenvalue weighted by Gasteiger charge is -2.41. The van der Waals surface area contributed by atoms with E-state index in [0.29, 0.717) is 126 Å². The van der Waals surface area contributed by atoms with E-state index < -0.39 is 20.0 Å². The summed E-state index contributed by atoms with van der Waals surface area (Å²) in [6.07, 6.45) is 7.95. The number of sulfonamides is 2. The van der Waals surface area contributed by atoms with Gasteiger partial charge in [0.25, 0.3) is 6.47 Å². The molecule has 0 radical (unpaired) electrons. The van der Waals surface area contributed by atoms with Crippen molar-refractivity contribution < 1.29 is 55.0 Å². The van der Waals surface area contributed by atoms with Crippen LogP contribution in [0.15, 0.2) is 94.7 Å². The Morgan fingerprint density at radius 2 is 1.02 bits per heavy atom. The number of aromatic nitrogens is 2. The van der Waals surface area contributed by atoms with E-state index in [0.717, 1.165) is 69.1 Å². The zero-order chi connectivity index (χ0) is 62.7. The minimum Gasteiger partial charge on any atom is -0.468 e. The summed E-state index contributed by atoms with van der Waals surface area (Å²) >= 11 is 13.6. The third kappa shape index (κ3) is 15.7. The van der Waals surface area contributed by atoms with Crippen LogP contribution in [0.25, 0.3) is 44.3 Å². The van der Waals surface area contributed by atoms with Crippen LogP contribution in [0, 0.1) is 23.7 Å². The Kier molecular flexibility index (Phi) is 23.1. The summed E-state index contributed by atoms with van der Waals surface area (Å²) in [7, 11) is -3.73. The summed E-state index contributed by atoms with van der Waals surface area (Å²) in [6.45, 7) is 15.0. The summed E-state index contributed by atoms with van der Waals surface area (Å²) in [5.74, 6) is 0.875. The molecule has 6 aromatic rings. The van der Waals surface area contributed by atoms with Gasteiger partial charge >= 0.3 is 6.15 Å². The first-order valence-electron chi connectivity index (χ1n) is 30.2. The van der Waals surface area contributed by atoms with Crippen molar-refractivity contribution in [2.45, 2.75) is 139 Å². The summed E-state index contributed by atoms with van der Waals surface area (Å²) < 4.78 is 79.5. The van der Waals surface area contributed by atoms with E-state index in [1.807, 2.05) is 57.3 Å². The number of hydrogen-bond acceptors (Lipinski definition) is 12. The Hall–Kier alpha value is -5.93. The van der Waals surface area contributed by atoms with Crippen molar-refractivity contribution in [3.05, 3.63) is 106 Å². The maximum absolute atomic E-state index is 13.5. The lowest BCUT2D eigenvalue weighted by molar-refractivity contribution is -0.191. The van der Waals surface area contributed by atoms with Crippen molar-refractivity contribution >= 4 is 89.5 Å². The molecule has 2 aliphatic heterocycles. The van der Waals surface area contributed by atoms with Crippen LogP contribution in [-0.4, -0.2) is 130 Å². The Balaban J connectivity index is 0.000000217. The van der Waals surface area contributed by atoms with Crippen LogP contribution in [-0.2, 0) is 85.2 Å². The zero-order valence-corrected chi connectivity index (χ0v) is 53.9. The number of morpholine rings is 2. The number of hydrogen-bond donors (Lipinski definition) is 2. The first-order chi connectivity index (χ1) is 41.6. The molecule has 2 aromatic heterocycles. The van der Waals surface area contributed by atoms with Gasteiger partial charge in [-0.1, -0.05) is 106 Å². The number of ether oxygens (including phenoxy) is 3. The molecule has 18 nitrogen and oxygen atoms in total. The summed E-state index contributed by atoms with van der Waals surface area (Å²) in [5, 5.41) is 2.77. The molecule has 4 aliphatic rings. The molecule has 2 saturated carbocycles. The Bertz CT molecular complexity index is 3620. The van der Waals surface area contributed by atoms with E-state index in [2.05, 4.69) is 68.3 Å². The highest BCUT2D eigenvalue weighted by Crippen LogP contribution is 2.40. The number of fused-ring (bicyclic) bond motifs is 2. The molecule has 470 valence electrons. The van der Waals surface area contributed by atoms with Gasteiger partial charge in [-0.25, -0.2) is 26.3 Å². The van der Waals surface area contributed by atoms with E-state index in [-0.39, 0.29) is 63.8 Å². The van der Waals surface area contributed by atoms with Gasteiger partial charge in [0.05, 0.1) is 87.4 Å². The molecular formula is C65H82Cl2N6O12S2. The number of nitrogens with zero attached hydrogens (tertiary/aromatic N) is 4. The highest BCUT2D eigenvalue weighted by Gasteiger charge is 2.38. The van der Waals surface area contributed by atoms with Gasteiger partial charge in [-0.05, 0) is 141 Å². The third-order valence-corrected chi connectivity index (χ3v) is 21.5. The minimum atomic E-state index is -3.78. The lowest BCUT2D eigenvalue weighted by Crippen LogP contribution is -2.53. The van der Waals surface area contributed by atoms with Gasteiger partial charge in [0.15, 0.2) is 0 Å². The number of benzene rings is 4. The molecule has 0 bridgehead atoms. The third-order valence-electron chi connectivity index (χ3n) is 17.7. The van der Waals surface area contributed by atoms with Crippen LogP contribution in [0.2, 0.25) is 10.0 Å². The predicted molar refractivity (Wildman–Crippen MR) is 336 cm³/mol. The van der Waals surface area contributed by atoms with Crippen molar-refractivity contribution in [2.75, 3.05) is 46.1 Å². The zero-order valence-electron chi connectivity index (χ0n) is 50.8. The number of rotatable bonds is 18. The lowest BCUT2D eigenvalue weighted by atomic mass is 9.85. The minimum absolute atomic E-state index is 0.0632. The Labute approximate surface area is 521 Å². The van der Waals surface area contributed by atoms with Crippen molar-refractivity contribution in [3.8, 4) is 22.5 Å². The van der Waals surface area contributed by atoms with Gasteiger partial charge in [-0.2, -0.15) is 9.59 Å². The fourth-order valence-electron chi connectivity index (χ4n) is 12.7. The van der Waals surface area contributed by atoms with Gasteiger partial charge < -0.3 is 33.1 Å². The molecule has 22 heteroatoms. The first kappa shape index (κ1) is 67.0. The molecule has 87 heavy (non-hydrogen) atoms. The molecule has 2 N–H and O–H groups in total. The molecular weight excluding hydrogens is 1190 g/mol. The Morgan fingerprint density at radius 1 is 0.632 bits per heavy atom. The average Bonchev–Trinajstić information content (AvgIpc) is 2.04. The molecule has 2 saturated heterocycles. The topological polar surface area (TPSA) is 222 Å².